The van der Waals surface area contributed by atoms with Crippen LogP contribution < -0.4 is 11.1 Å². The largest absolute Gasteiger partial charge is 0.356 e. The number of hydrogen-bond acceptors (Lipinski definition) is 2. The van der Waals surface area contributed by atoms with Gasteiger partial charge in [0.25, 0.3) is 0 Å². The molecular weight excluding hydrogens is 262 g/mol. The fourth-order valence-corrected chi connectivity index (χ4v) is 2.67. The predicted octanol–water partition coefficient (Wildman–Crippen LogP) is 2.14. The van der Waals surface area contributed by atoms with Crippen molar-refractivity contribution in [2.75, 3.05) is 6.54 Å². The molecule has 2 unspecified atom stereocenters. The second kappa shape index (κ2) is 6.79. The normalized spacial score (nSPS) is 22.6. The van der Waals surface area contributed by atoms with E-state index in [2.05, 4.69) is 5.32 Å². The minimum absolute atomic E-state index is 0.0654. The van der Waals surface area contributed by atoms with E-state index in [-0.39, 0.29) is 18.4 Å². The van der Waals surface area contributed by atoms with Crippen LogP contribution in [0.1, 0.15) is 31.2 Å². The van der Waals surface area contributed by atoms with Crippen molar-refractivity contribution in [1.29, 1.82) is 0 Å². The molecule has 0 aliphatic heterocycles. The standard InChI is InChI=1S/C15H20F2N2O/c16-13-5-4-10(7-14(13)17)8-15(20)19-9-11-2-1-3-12(18)6-11/h4-5,7,11-12H,1-3,6,8-9,18H2,(H,19,20). The van der Waals surface area contributed by atoms with Gasteiger partial charge in [-0.1, -0.05) is 12.5 Å². The van der Waals surface area contributed by atoms with Crippen LogP contribution in [0.2, 0.25) is 0 Å². The van der Waals surface area contributed by atoms with Gasteiger partial charge in [-0.15, -0.1) is 0 Å². The summed E-state index contributed by atoms with van der Waals surface area (Å²) in [6.07, 6.45) is 4.24. The average molecular weight is 282 g/mol. The molecule has 0 radical (unpaired) electrons. The van der Waals surface area contributed by atoms with Gasteiger partial charge >= 0.3 is 0 Å². The van der Waals surface area contributed by atoms with Gasteiger partial charge in [-0.05, 0) is 42.9 Å². The molecule has 1 amide bonds. The zero-order chi connectivity index (χ0) is 14.5. The molecule has 0 aromatic heterocycles. The third kappa shape index (κ3) is 4.27. The lowest BCUT2D eigenvalue weighted by atomic mass is 9.86. The number of halogens is 2. The zero-order valence-corrected chi connectivity index (χ0v) is 11.4. The molecule has 1 aliphatic carbocycles. The van der Waals surface area contributed by atoms with Gasteiger partial charge in [-0.2, -0.15) is 0 Å². The molecular formula is C15H20F2N2O. The van der Waals surface area contributed by atoms with Crippen molar-refractivity contribution < 1.29 is 13.6 Å². The van der Waals surface area contributed by atoms with Crippen LogP contribution in [0, 0.1) is 17.6 Å². The molecule has 2 atom stereocenters. The number of benzene rings is 1. The molecule has 0 spiro atoms. The Morgan fingerprint density at radius 3 is 2.80 bits per heavy atom. The van der Waals surface area contributed by atoms with Gasteiger partial charge in [-0.3, -0.25) is 4.79 Å². The van der Waals surface area contributed by atoms with Crippen molar-refractivity contribution in [3.05, 3.63) is 35.4 Å². The minimum Gasteiger partial charge on any atom is -0.356 e. The van der Waals surface area contributed by atoms with E-state index in [9.17, 15) is 13.6 Å². The molecule has 110 valence electrons. The quantitative estimate of drug-likeness (QED) is 0.889. The van der Waals surface area contributed by atoms with E-state index in [0.29, 0.717) is 18.0 Å². The second-order valence-corrected chi connectivity index (χ2v) is 5.52. The predicted molar refractivity (Wildman–Crippen MR) is 73.0 cm³/mol. The SMILES string of the molecule is NC1CCCC(CNC(=O)Cc2ccc(F)c(F)c2)C1. The van der Waals surface area contributed by atoms with Crippen LogP contribution in [0.4, 0.5) is 8.78 Å². The molecule has 0 saturated heterocycles. The summed E-state index contributed by atoms with van der Waals surface area (Å²) in [5, 5.41) is 2.84. The molecule has 5 heteroatoms. The summed E-state index contributed by atoms with van der Waals surface area (Å²) in [5.41, 5.74) is 6.37. The Morgan fingerprint density at radius 2 is 2.10 bits per heavy atom. The van der Waals surface area contributed by atoms with Crippen LogP contribution in [0.5, 0.6) is 0 Å². The number of hydrogen-bond donors (Lipinski definition) is 2. The Morgan fingerprint density at radius 1 is 1.30 bits per heavy atom. The fraction of sp³-hybridized carbons (Fsp3) is 0.533. The van der Waals surface area contributed by atoms with E-state index in [1.165, 1.54) is 6.07 Å². The fourth-order valence-electron chi connectivity index (χ4n) is 2.67. The Bertz CT molecular complexity index is 479. The Kier molecular flexibility index (Phi) is 5.06. The second-order valence-electron chi connectivity index (χ2n) is 5.52. The van der Waals surface area contributed by atoms with Crippen molar-refractivity contribution in [3.8, 4) is 0 Å². The third-order valence-electron chi connectivity index (χ3n) is 3.76. The summed E-state index contributed by atoms with van der Waals surface area (Å²) in [6, 6.07) is 3.76. The van der Waals surface area contributed by atoms with Crippen LogP contribution in [0.15, 0.2) is 18.2 Å². The zero-order valence-electron chi connectivity index (χ0n) is 11.4. The first kappa shape index (κ1) is 14.9. The Labute approximate surface area is 117 Å². The molecule has 1 fully saturated rings. The highest BCUT2D eigenvalue weighted by Crippen LogP contribution is 2.22. The first-order valence-electron chi connectivity index (χ1n) is 7.01. The maximum absolute atomic E-state index is 13.0. The van der Waals surface area contributed by atoms with Crippen LogP contribution >= 0.6 is 0 Å². The highest BCUT2D eigenvalue weighted by Gasteiger charge is 2.19. The smallest absolute Gasteiger partial charge is 0.224 e. The topological polar surface area (TPSA) is 55.1 Å². The third-order valence-corrected chi connectivity index (χ3v) is 3.76. The monoisotopic (exact) mass is 282 g/mol. The average Bonchev–Trinajstić information content (AvgIpc) is 2.41. The van der Waals surface area contributed by atoms with Gasteiger partial charge in [0.05, 0.1) is 6.42 Å². The molecule has 1 aromatic carbocycles. The van der Waals surface area contributed by atoms with E-state index in [1.807, 2.05) is 0 Å². The van der Waals surface area contributed by atoms with E-state index in [0.717, 1.165) is 37.8 Å². The van der Waals surface area contributed by atoms with Gasteiger partial charge in [0, 0.05) is 12.6 Å². The highest BCUT2D eigenvalue weighted by molar-refractivity contribution is 5.78. The van der Waals surface area contributed by atoms with E-state index >= 15 is 0 Å². The van der Waals surface area contributed by atoms with Gasteiger partial charge in [0.1, 0.15) is 0 Å². The van der Waals surface area contributed by atoms with Gasteiger partial charge in [0.2, 0.25) is 5.91 Å². The lowest BCUT2D eigenvalue weighted by Gasteiger charge is -2.26. The number of carbonyl (C=O) groups excluding carboxylic acids is 1. The molecule has 1 aliphatic rings. The lowest BCUT2D eigenvalue weighted by molar-refractivity contribution is -0.120. The summed E-state index contributed by atoms with van der Waals surface area (Å²) in [4.78, 5) is 11.8. The van der Waals surface area contributed by atoms with Gasteiger partial charge in [-0.25, -0.2) is 8.78 Å². The van der Waals surface area contributed by atoms with Gasteiger partial charge in [0.15, 0.2) is 11.6 Å². The van der Waals surface area contributed by atoms with Crippen LogP contribution in [-0.4, -0.2) is 18.5 Å². The molecule has 1 saturated carbocycles. The van der Waals surface area contributed by atoms with Gasteiger partial charge < -0.3 is 11.1 Å². The summed E-state index contributed by atoms with van der Waals surface area (Å²) in [5.74, 6) is -1.57. The maximum Gasteiger partial charge on any atom is 0.224 e. The molecule has 0 bridgehead atoms. The summed E-state index contributed by atoms with van der Waals surface area (Å²) < 4.78 is 25.8. The molecule has 3 N–H and O–H groups in total. The first-order chi connectivity index (χ1) is 9.54. The summed E-state index contributed by atoms with van der Waals surface area (Å²) in [7, 11) is 0. The number of nitrogens with two attached hydrogens (primary N) is 1. The minimum atomic E-state index is -0.923. The van der Waals surface area contributed by atoms with Crippen molar-refractivity contribution in [2.45, 2.75) is 38.1 Å². The Hall–Kier alpha value is -1.49. The summed E-state index contributed by atoms with van der Waals surface area (Å²) >= 11 is 0. The van der Waals surface area contributed by atoms with Crippen LogP contribution in [0.3, 0.4) is 0 Å². The molecule has 3 nitrogen and oxygen atoms in total. The number of rotatable bonds is 4. The lowest BCUT2D eigenvalue weighted by Crippen LogP contribution is -2.36. The molecule has 1 aromatic rings. The number of carbonyl (C=O) groups is 1. The van der Waals surface area contributed by atoms with Crippen LogP contribution in [-0.2, 0) is 11.2 Å². The Balaban J connectivity index is 1.78. The van der Waals surface area contributed by atoms with E-state index in [1.54, 1.807) is 0 Å². The number of nitrogens with one attached hydrogen (secondary N) is 1. The van der Waals surface area contributed by atoms with Crippen molar-refractivity contribution >= 4 is 5.91 Å². The van der Waals surface area contributed by atoms with E-state index < -0.39 is 11.6 Å². The maximum atomic E-state index is 13.0. The molecule has 2 rings (SSSR count). The van der Waals surface area contributed by atoms with Crippen molar-refractivity contribution in [3.63, 3.8) is 0 Å². The van der Waals surface area contributed by atoms with Crippen LogP contribution in [0.25, 0.3) is 0 Å². The number of amides is 1. The molecule has 0 heterocycles. The van der Waals surface area contributed by atoms with Crippen molar-refractivity contribution in [2.24, 2.45) is 11.7 Å². The first-order valence-corrected chi connectivity index (χ1v) is 7.01. The van der Waals surface area contributed by atoms with Crippen molar-refractivity contribution in [1.82, 2.24) is 5.32 Å². The van der Waals surface area contributed by atoms with E-state index in [4.69, 9.17) is 5.73 Å². The summed E-state index contributed by atoms with van der Waals surface area (Å²) in [6.45, 7) is 0.607. The molecule has 20 heavy (non-hydrogen) atoms. The highest BCUT2D eigenvalue weighted by atomic mass is 19.2.